The molecular weight excluding hydrogens is 306 g/mol. The van der Waals surface area contributed by atoms with Gasteiger partial charge in [-0.15, -0.1) is 0 Å². The van der Waals surface area contributed by atoms with Crippen LogP contribution in [0.1, 0.15) is 37.3 Å². The second-order valence-corrected chi connectivity index (χ2v) is 7.32. The molecule has 0 unspecified atom stereocenters. The Morgan fingerprint density at radius 2 is 1.64 bits per heavy atom. The first kappa shape index (κ1) is 18.0. The zero-order valence-corrected chi connectivity index (χ0v) is 15.5. The zero-order valence-electron chi connectivity index (χ0n) is 15.5. The van der Waals surface area contributed by atoms with E-state index >= 15 is 0 Å². The summed E-state index contributed by atoms with van der Waals surface area (Å²) in [6, 6.07) is 19.2. The molecule has 0 bridgehead atoms. The molecule has 0 aliphatic carbocycles. The van der Waals surface area contributed by atoms with Crippen LogP contribution < -0.4 is 4.74 Å². The van der Waals surface area contributed by atoms with Crippen molar-refractivity contribution in [3.8, 4) is 5.75 Å². The van der Waals surface area contributed by atoms with Crippen molar-refractivity contribution < 1.29 is 4.74 Å². The van der Waals surface area contributed by atoms with Gasteiger partial charge in [0.1, 0.15) is 5.75 Å². The van der Waals surface area contributed by atoms with Gasteiger partial charge in [-0.25, -0.2) is 0 Å². The third-order valence-corrected chi connectivity index (χ3v) is 5.25. The van der Waals surface area contributed by atoms with Crippen LogP contribution in [0.4, 0.5) is 0 Å². The van der Waals surface area contributed by atoms with Gasteiger partial charge < -0.3 is 9.64 Å². The minimum Gasteiger partial charge on any atom is -0.493 e. The van der Waals surface area contributed by atoms with Crippen molar-refractivity contribution in [1.29, 1.82) is 0 Å². The Labute approximate surface area is 152 Å². The third-order valence-electron chi connectivity index (χ3n) is 5.25. The fraction of sp³-hybridized carbons (Fsp3) is 0.478. The molecule has 2 aromatic carbocycles. The van der Waals surface area contributed by atoms with Gasteiger partial charge in [0.15, 0.2) is 0 Å². The van der Waals surface area contributed by atoms with Crippen LogP contribution in [0.5, 0.6) is 5.75 Å². The first-order chi connectivity index (χ1) is 12.3. The van der Waals surface area contributed by atoms with Crippen LogP contribution in [-0.2, 0) is 12.8 Å². The summed E-state index contributed by atoms with van der Waals surface area (Å²) in [4.78, 5) is 2.59. The Hall–Kier alpha value is -1.80. The fourth-order valence-electron chi connectivity index (χ4n) is 3.53. The Morgan fingerprint density at radius 1 is 0.920 bits per heavy atom. The lowest BCUT2D eigenvalue weighted by Crippen LogP contribution is -2.34. The Kier molecular flexibility index (Phi) is 6.93. The number of para-hydroxylation sites is 1. The minimum absolute atomic E-state index is 0.814. The van der Waals surface area contributed by atoms with Gasteiger partial charge in [0.25, 0.3) is 0 Å². The van der Waals surface area contributed by atoms with Gasteiger partial charge in [-0.3, -0.25) is 0 Å². The van der Waals surface area contributed by atoms with E-state index in [0.29, 0.717) is 0 Å². The number of aryl methyl sites for hydroxylation is 2. The molecule has 0 radical (unpaired) electrons. The van der Waals surface area contributed by atoms with Gasteiger partial charge in [-0.05, 0) is 68.3 Å². The SMILES string of the molecule is CC1CCN(CCCOc2ccccc2CCc2ccccc2)CC1. The fourth-order valence-corrected chi connectivity index (χ4v) is 3.53. The number of hydrogen-bond acceptors (Lipinski definition) is 2. The van der Waals surface area contributed by atoms with Crippen molar-refractivity contribution in [3.63, 3.8) is 0 Å². The zero-order chi connectivity index (χ0) is 17.3. The first-order valence-electron chi connectivity index (χ1n) is 9.78. The molecule has 0 amide bonds. The average Bonchev–Trinajstić information content (AvgIpc) is 2.66. The second kappa shape index (κ2) is 9.62. The highest BCUT2D eigenvalue weighted by molar-refractivity contribution is 5.34. The molecule has 0 N–H and O–H groups in total. The van der Waals surface area contributed by atoms with Gasteiger partial charge in [0, 0.05) is 6.54 Å². The molecule has 2 aromatic rings. The summed E-state index contributed by atoms with van der Waals surface area (Å²) >= 11 is 0. The van der Waals surface area contributed by atoms with E-state index in [1.807, 2.05) is 0 Å². The summed E-state index contributed by atoms with van der Waals surface area (Å²) in [5, 5.41) is 0. The van der Waals surface area contributed by atoms with Crippen molar-refractivity contribution >= 4 is 0 Å². The molecular formula is C23H31NO. The lowest BCUT2D eigenvalue weighted by molar-refractivity contribution is 0.177. The molecule has 1 saturated heterocycles. The molecule has 1 aliphatic rings. The number of benzene rings is 2. The van der Waals surface area contributed by atoms with Gasteiger partial charge in [0.05, 0.1) is 6.61 Å². The van der Waals surface area contributed by atoms with Crippen molar-refractivity contribution in [3.05, 3.63) is 65.7 Å². The Balaban J connectivity index is 1.43. The van der Waals surface area contributed by atoms with Crippen LogP contribution in [0.2, 0.25) is 0 Å². The van der Waals surface area contributed by atoms with Gasteiger partial charge in [-0.1, -0.05) is 55.5 Å². The molecule has 0 aromatic heterocycles. The minimum atomic E-state index is 0.814. The first-order valence-corrected chi connectivity index (χ1v) is 9.78. The molecule has 2 nitrogen and oxygen atoms in total. The number of hydrogen-bond donors (Lipinski definition) is 0. The van der Waals surface area contributed by atoms with E-state index in [0.717, 1.165) is 37.5 Å². The second-order valence-electron chi connectivity index (χ2n) is 7.32. The number of likely N-dealkylation sites (tertiary alicyclic amines) is 1. The number of nitrogens with zero attached hydrogens (tertiary/aromatic N) is 1. The summed E-state index contributed by atoms with van der Waals surface area (Å²) in [7, 11) is 0. The third kappa shape index (κ3) is 5.89. The van der Waals surface area contributed by atoms with Crippen molar-refractivity contribution in [1.82, 2.24) is 4.90 Å². The topological polar surface area (TPSA) is 12.5 Å². The van der Waals surface area contributed by atoms with Crippen LogP contribution in [-0.4, -0.2) is 31.1 Å². The van der Waals surface area contributed by atoms with Crippen LogP contribution in [0.25, 0.3) is 0 Å². The average molecular weight is 338 g/mol. The molecule has 1 aliphatic heterocycles. The molecule has 1 fully saturated rings. The van der Waals surface area contributed by atoms with Crippen LogP contribution in [0, 0.1) is 5.92 Å². The van der Waals surface area contributed by atoms with E-state index in [1.165, 1.54) is 43.6 Å². The summed E-state index contributed by atoms with van der Waals surface area (Å²) in [5.74, 6) is 1.97. The summed E-state index contributed by atoms with van der Waals surface area (Å²) < 4.78 is 6.11. The van der Waals surface area contributed by atoms with Crippen molar-refractivity contribution in [2.75, 3.05) is 26.2 Å². The molecule has 1 heterocycles. The molecule has 134 valence electrons. The van der Waals surface area contributed by atoms with Crippen LogP contribution >= 0.6 is 0 Å². The number of piperidine rings is 1. The maximum absolute atomic E-state index is 6.11. The molecule has 0 atom stereocenters. The molecule has 0 spiro atoms. The van der Waals surface area contributed by atoms with Crippen molar-refractivity contribution in [2.24, 2.45) is 5.92 Å². The Morgan fingerprint density at radius 3 is 2.44 bits per heavy atom. The summed E-state index contributed by atoms with van der Waals surface area (Å²) in [6.45, 7) is 6.86. The van der Waals surface area contributed by atoms with E-state index in [2.05, 4.69) is 66.4 Å². The predicted molar refractivity (Wildman–Crippen MR) is 105 cm³/mol. The number of rotatable bonds is 8. The Bertz CT molecular complexity index is 617. The predicted octanol–water partition coefficient (Wildman–Crippen LogP) is 4.97. The highest BCUT2D eigenvalue weighted by atomic mass is 16.5. The van der Waals surface area contributed by atoms with Gasteiger partial charge in [-0.2, -0.15) is 0 Å². The lowest BCUT2D eigenvalue weighted by Gasteiger charge is -2.30. The van der Waals surface area contributed by atoms with Crippen molar-refractivity contribution in [2.45, 2.75) is 39.0 Å². The molecule has 25 heavy (non-hydrogen) atoms. The molecule has 3 rings (SSSR count). The smallest absolute Gasteiger partial charge is 0.122 e. The lowest BCUT2D eigenvalue weighted by atomic mass is 9.99. The van der Waals surface area contributed by atoms with Gasteiger partial charge >= 0.3 is 0 Å². The van der Waals surface area contributed by atoms with E-state index in [4.69, 9.17) is 4.74 Å². The van der Waals surface area contributed by atoms with E-state index in [1.54, 1.807) is 0 Å². The summed E-state index contributed by atoms with van der Waals surface area (Å²) in [6.07, 6.45) is 5.91. The molecule has 2 heteroatoms. The van der Waals surface area contributed by atoms with Crippen LogP contribution in [0.3, 0.4) is 0 Å². The molecule has 0 saturated carbocycles. The highest BCUT2D eigenvalue weighted by Crippen LogP contribution is 2.21. The van der Waals surface area contributed by atoms with E-state index in [9.17, 15) is 0 Å². The summed E-state index contributed by atoms with van der Waals surface area (Å²) in [5.41, 5.74) is 2.70. The van der Waals surface area contributed by atoms with E-state index in [-0.39, 0.29) is 0 Å². The quantitative estimate of drug-likeness (QED) is 0.630. The monoisotopic (exact) mass is 337 g/mol. The largest absolute Gasteiger partial charge is 0.493 e. The number of ether oxygens (including phenoxy) is 1. The normalized spacial score (nSPS) is 16.0. The maximum atomic E-state index is 6.11. The van der Waals surface area contributed by atoms with Gasteiger partial charge in [0.2, 0.25) is 0 Å². The van der Waals surface area contributed by atoms with E-state index < -0.39 is 0 Å². The highest BCUT2D eigenvalue weighted by Gasteiger charge is 2.14. The standard InChI is InChI=1S/C23H31NO/c1-20-14-17-24(18-15-20)16-7-19-25-23-11-6-5-10-22(23)13-12-21-8-3-2-4-9-21/h2-6,8-11,20H,7,12-19H2,1H3. The maximum Gasteiger partial charge on any atom is 0.122 e. The van der Waals surface area contributed by atoms with Crippen LogP contribution in [0.15, 0.2) is 54.6 Å².